The maximum atomic E-state index is 12.5. The molecule has 4 rings (SSSR count). The lowest BCUT2D eigenvalue weighted by atomic mass is 10.1. The summed E-state index contributed by atoms with van der Waals surface area (Å²) in [6.45, 7) is 1.84. The van der Waals surface area contributed by atoms with E-state index in [1.54, 1.807) is 22.2 Å². The molecule has 0 aliphatic heterocycles. The number of nitrogens with one attached hydrogen (secondary N) is 1. The van der Waals surface area contributed by atoms with Crippen molar-refractivity contribution in [3.63, 3.8) is 0 Å². The summed E-state index contributed by atoms with van der Waals surface area (Å²) in [6, 6.07) is 7.51. The van der Waals surface area contributed by atoms with Gasteiger partial charge in [-0.05, 0) is 43.4 Å². The normalized spacial score (nSPS) is 15.0. The number of carbonyl (C=O) groups is 1. The summed E-state index contributed by atoms with van der Waals surface area (Å²) in [5, 5.41) is 17.2. The van der Waals surface area contributed by atoms with E-state index in [-0.39, 0.29) is 18.4 Å². The number of benzene rings is 1. The van der Waals surface area contributed by atoms with E-state index in [2.05, 4.69) is 15.4 Å². The van der Waals surface area contributed by atoms with E-state index < -0.39 is 0 Å². The topological polar surface area (TPSA) is 80.0 Å². The number of carbonyl (C=O) groups excluding carboxylic acids is 1. The smallest absolute Gasteiger partial charge is 0.233 e. The average Bonchev–Trinajstić information content (AvgIpc) is 3.21. The molecule has 0 radical (unpaired) electrons. The van der Waals surface area contributed by atoms with Crippen LogP contribution in [-0.4, -0.2) is 25.8 Å². The summed E-state index contributed by atoms with van der Waals surface area (Å²) in [6.07, 6.45) is 7.87. The fraction of sp³-hybridized carbons (Fsp3) is 0.316. The molecule has 7 heteroatoms. The van der Waals surface area contributed by atoms with E-state index >= 15 is 0 Å². The molecule has 2 aromatic heterocycles. The lowest BCUT2D eigenvalue weighted by Gasteiger charge is -2.08. The summed E-state index contributed by atoms with van der Waals surface area (Å²) < 4.78 is 1.72. The first-order chi connectivity index (χ1) is 12.6. The second-order valence-corrected chi connectivity index (χ2v) is 7.66. The minimum atomic E-state index is -0.335. The van der Waals surface area contributed by atoms with Crippen LogP contribution in [0.25, 0.3) is 5.69 Å². The highest BCUT2D eigenvalue weighted by molar-refractivity contribution is 7.15. The molecular weight excluding hydrogens is 348 g/mol. The number of rotatable bonds is 6. The molecule has 1 unspecified atom stereocenters. The monoisotopic (exact) mass is 368 g/mol. The molecule has 1 aromatic carbocycles. The van der Waals surface area contributed by atoms with E-state index in [9.17, 15) is 9.90 Å². The molecule has 3 aromatic rings. The van der Waals surface area contributed by atoms with E-state index in [0.29, 0.717) is 11.0 Å². The van der Waals surface area contributed by atoms with Crippen molar-refractivity contribution in [1.82, 2.24) is 14.8 Å². The van der Waals surface area contributed by atoms with Crippen LogP contribution in [0.5, 0.6) is 0 Å². The number of nitrogens with zero attached hydrogens (tertiary/aromatic N) is 3. The maximum absolute atomic E-state index is 12.5. The predicted octanol–water partition coefficient (Wildman–Crippen LogP) is 3.44. The minimum Gasteiger partial charge on any atom is -0.392 e. The zero-order valence-electron chi connectivity index (χ0n) is 14.4. The molecule has 26 heavy (non-hydrogen) atoms. The largest absolute Gasteiger partial charge is 0.392 e. The van der Waals surface area contributed by atoms with Gasteiger partial charge in [-0.15, -0.1) is 11.3 Å². The lowest BCUT2D eigenvalue weighted by Crippen LogP contribution is -2.18. The van der Waals surface area contributed by atoms with Gasteiger partial charge in [0.1, 0.15) is 0 Å². The average molecular weight is 368 g/mol. The lowest BCUT2D eigenvalue weighted by molar-refractivity contribution is -0.117. The predicted molar refractivity (Wildman–Crippen MR) is 101 cm³/mol. The van der Waals surface area contributed by atoms with Crippen molar-refractivity contribution >= 4 is 22.4 Å². The molecule has 1 aliphatic rings. The van der Waals surface area contributed by atoms with Crippen LogP contribution in [0.3, 0.4) is 0 Å². The SMILES string of the molecule is CC(C(=O)Nc1ncc(C2CC2)s1)c1cnn(-c2cccc(CO)c2)c1. The van der Waals surface area contributed by atoms with Crippen molar-refractivity contribution in [1.29, 1.82) is 0 Å². The van der Waals surface area contributed by atoms with Crippen LogP contribution >= 0.6 is 11.3 Å². The van der Waals surface area contributed by atoms with Gasteiger partial charge in [0.25, 0.3) is 0 Å². The summed E-state index contributed by atoms with van der Waals surface area (Å²) in [7, 11) is 0. The molecule has 6 nitrogen and oxygen atoms in total. The van der Waals surface area contributed by atoms with Crippen molar-refractivity contribution in [3.8, 4) is 5.69 Å². The standard InChI is InChI=1S/C19H20N4O2S/c1-12(18(25)22-19-20-9-17(26-19)14-5-6-14)15-8-21-23(10-15)16-4-2-3-13(7-16)11-24/h2-4,7-10,12,14,24H,5-6,11H2,1H3,(H,20,22,25). The van der Waals surface area contributed by atoms with Gasteiger partial charge in [0.2, 0.25) is 5.91 Å². The fourth-order valence-corrected chi connectivity index (χ4v) is 3.75. The number of aromatic nitrogens is 3. The van der Waals surface area contributed by atoms with Crippen molar-refractivity contribution in [2.24, 2.45) is 0 Å². The Morgan fingerprint density at radius 2 is 2.27 bits per heavy atom. The van der Waals surface area contributed by atoms with Crippen molar-refractivity contribution < 1.29 is 9.90 Å². The van der Waals surface area contributed by atoms with E-state index in [0.717, 1.165) is 16.8 Å². The van der Waals surface area contributed by atoms with Gasteiger partial charge in [-0.2, -0.15) is 5.10 Å². The number of hydrogen-bond donors (Lipinski definition) is 2. The van der Waals surface area contributed by atoms with Crippen LogP contribution < -0.4 is 5.32 Å². The highest BCUT2D eigenvalue weighted by Gasteiger charge is 2.26. The second kappa shape index (κ2) is 7.01. The van der Waals surface area contributed by atoms with Crippen LogP contribution in [0.4, 0.5) is 5.13 Å². The minimum absolute atomic E-state index is 0.0164. The van der Waals surface area contributed by atoms with E-state index in [1.807, 2.05) is 43.6 Å². The van der Waals surface area contributed by atoms with Crippen molar-refractivity contribution in [2.75, 3.05) is 5.32 Å². The zero-order valence-corrected chi connectivity index (χ0v) is 15.2. The quantitative estimate of drug-likeness (QED) is 0.698. The Morgan fingerprint density at radius 3 is 3.04 bits per heavy atom. The van der Waals surface area contributed by atoms with Crippen molar-refractivity contribution in [3.05, 3.63) is 58.9 Å². The Kier molecular flexibility index (Phi) is 4.57. The zero-order chi connectivity index (χ0) is 18.1. The molecule has 0 bridgehead atoms. The molecule has 134 valence electrons. The summed E-state index contributed by atoms with van der Waals surface area (Å²) in [5.41, 5.74) is 2.50. The molecule has 0 saturated heterocycles. The summed E-state index contributed by atoms with van der Waals surface area (Å²) in [5.74, 6) is 0.215. The summed E-state index contributed by atoms with van der Waals surface area (Å²) >= 11 is 1.56. The molecule has 1 atom stereocenters. The van der Waals surface area contributed by atoms with Gasteiger partial charge in [-0.1, -0.05) is 12.1 Å². The molecule has 2 N–H and O–H groups in total. The molecule has 0 spiro atoms. The number of anilines is 1. The third kappa shape index (κ3) is 3.54. The number of aliphatic hydroxyl groups excluding tert-OH is 1. The first kappa shape index (κ1) is 16.9. The van der Waals surface area contributed by atoms with Crippen LogP contribution in [0.1, 0.15) is 47.6 Å². The van der Waals surface area contributed by atoms with Crippen LogP contribution in [0.2, 0.25) is 0 Å². The van der Waals surface area contributed by atoms with Crippen LogP contribution in [0, 0.1) is 0 Å². The van der Waals surface area contributed by atoms with Crippen molar-refractivity contribution in [2.45, 2.75) is 38.2 Å². The van der Waals surface area contributed by atoms with Gasteiger partial charge in [0.15, 0.2) is 5.13 Å². The number of thiazole rings is 1. The van der Waals surface area contributed by atoms with E-state index in [1.165, 1.54) is 17.7 Å². The first-order valence-corrected chi connectivity index (χ1v) is 9.47. The van der Waals surface area contributed by atoms with Gasteiger partial charge in [-0.25, -0.2) is 9.67 Å². The van der Waals surface area contributed by atoms with Gasteiger partial charge in [0, 0.05) is 22.8 Å². The Balaban J connectivity index is 1.46. The molecule has 1 fully saturated rings. The number of hydrogen-bond acceptors (Lipinski definition) is 5. The molecule has 2 heterocycles. The molecular formula is C19H20N4O2S. The molecule has 1 saturated carbocycles. The highest BCUT2D eigenvalue weighted by Crippen LogP contribution is 2.43. The van der Waals surface area contributed by atoms with Gasteiger partial charge in [0.05, 0.1) is 24.4 Å². The Bertz CT molecular complexity index is 929. The van der Waals surface area contributed by atoms with Crippen LogP contribution in [-0.2, 0) is 11.4 Å². The first-order valence-electron chi connectivity index (χ1n) is 8.65. The van der Waals surface area contributed by atoms with Crippen LogP contribution in [0.15, 0.2) is 42.9 Å². The maximum Gasteiger partial charge on any atom is 0.233 e. The van der Waals surface area contributed by atoms with Gasteiger partial charge in [-0.3, -0.25) is 4.79 Å². The third-order valence-corrected chi connectivity index (χ3v) is 5.66. The summed E-state index contributed by atoms with van der Waals surface area (Å²) in [4.78, 5) is 18.1. The fourth-order valence-electron chi connectivity index (χ4n) is 2.76. The molecule has 1 aliphatic carbocycles. The Labute approximate surface area is 155 Å². The number of aliphatic hydroxyl groups is 1. The Hall–Kier alpha value is -2.51. The molecule has 1 amide bonds. The van der Waals surface area contributed by atoms with E-state index in [4.69, 9.17) is 0 Å². The highest BCUT2D eigenvalue weighted by atomic mass is 32.1. The second-order valence-electron chi connectivity index (χ2n) is 6.60. The number of amides is 1. The Morgan fingerprint density at radius 1 is 1.42 bits per heavy atom. The van der Waals surface area contributed by atoms with Gasteiger partial charge >= 0.3 is 0 Å². The third-order valence-electron chi connectivity index (χ3n) is 4.59. The van der Waals surface area contributed by atoms with Gasteiger partial charge < -0.3 is 10.4 Å².